The fourth-order valence-corrected chi connectivity index (χ4v) is 4.37. The van der Waals surface area contributed by atoms with Crippen LogP contribution in [0.5, 0.6) is 0 Å². The summed E-state index contributed by atoms with van der Waals surface area (Å²) in [6.07, 6.45) is 2.24. The van der Waals surface area contributed by atoms with Crippen LogP contribution in [0.2, 0.25) is 0 Å². The normalized spacial score (nSPS) is 29.0. The summed E-state index contributed by atoms with van der Waals surface area (Å²) in [5.41, 5.74) is 1.28. The summed E-state index contributed by atoms with van der Waals surface area (Å²) in [5, 5.41) is 13.1. The Morgan fingerprint density at radius 3 is 2.80 bits per heavy atom. The second-order valence-electron chi connectivity index (χ2n) is 7.07. The molecule has 6 nitrogen and oxygen atoms in total. The maximum Gasteiger partial charge on any atom is 0.322 e. The zero-order valence-electron chi connectivity index (χ0n) is 14.2. The lowest BCUT2D eigenvalue weighted by Crippen LogP contribution is -2.44. The van der Waals surface area contributed by atoms with Gasteiger partial charge >= 0.3 is 6.03 Å². The molecule has 3 atom stereocenters. The number of rotatable bonds is 2. The Labute approximate surface area is 146 Å². The lowest BCUT2D eigenvalue weighted by atomic mass is 10.0. The average Bonchev–Trinajstić information content (AvgIpc) is 3.20. The molecule has 3 aliphatic rings. The van der Waals surface area contributed by atoms with Crippen LogP contribution in [0.4, 0.5) is 20.6 Å². The van der Waals surface area contributed by atoms with E-state index in [9.17, 15) is 14.3 Å². The van der Waals surface area contributed by atoms with Gasteiger partial charge in [-0.25, -0.2) is 9.18 Å². The van der Waals surface area contributed by atoms with Crippen molar-refractivity contribution in [1.29, 1.82) is 0 Å². The highest BCUT2D eigenvalue weighted by molar-refractivity contribution is 5.93. The molecule has 136 valence electrons. The van der Waals surface area contributed by atoms with Crippen LogP contribution < -0.4 is 10.2 Å². The molecule has 1 aliphatic carbocycles. The first-order chi connectivity index (χ1) is 12.1. The van der Waals surface area contributed by atoms with Gasteiger partial charge in [-0.1, -0.05) is 0 Å². The molecule has 0 radical (unpaired) electrons. The van der Waals surface area contributed by atoms with Gasteiger partial charge in [0.15, 0.2) is 0 Å². The largest absolute Gasteiger partial charge is 0.391 e. The van der Waals surface area contributed by atoms with Gasteiger partial charge in [0.25, 0.3) is 0 Å². The van der Waals surface area contributed by atoms with E-state index < -0.39 is 6.10 Å². The smallest absolute Gasteiger partial charge is 0.322 e. The van der Waals surface area contributed by atoms with E-state index in [1.807, 2.05) is 4.90 Å². The average molecular weight is 349 g/mol. The van der Waals surface area contributed by atoms with Crippen LogP contribution in [0, 0.1) is 11.7 Å². The molecule has 2 N–H and O–H groups in total. The number of nitrogens with one attached hydrogen (secondary N) is 1. The first kappa shape index (κ1) is 16.6. The number of likely N-dealkylation sites (tertiary alicyclic amines) is 1. The van der Waals surface area contributed by atoms with Gasteiger partial charge in [-0.05, 0) is 43.4 Å². The van der Waals surface area contributed by atoms with E-state index in [-0.39, 0.29) is 17.9 Å². The number of nitrogens with zero attached hydrogens (tertiary/aromatic N) is 2. The van der Waals surface area contributed by atoms with Crippen molar-refractivity contribution in [2.75, 3.05) is 43.1 Å². The molecule has 2 heterocycles. The molecule has 3 fully saturated rings. The Morgan fingerprint density at radius 1 is 1.20 bits per heavy atom. The van der Waals surface area contributed by atoms with Crippen molar-refractivity contribution in [1.82, 2.24) is 4.90 Å². The summed E-state index contributed by atoms with van der Waals surface area (Å²) >= 11 is 0. The molecular formula is C18H24FN3O3. The molecule has 1 saturated carbocycles. The number of carbonyl (C=O) groups excluding carboxylic acids is 1. The monoisotopic (exact) mass is 349 g/mol. The highest BCUT2D eigenvalue weighted by atomic mass is 19.1. The molecule has 7 heteroatoms. The van der Waals surface area contributed by atoms with E-state index in [1.165, 1.54) is 12.1 Å². The number of ether oxygens (including phenoxy) is 1. The number of urea groups is 1. The van der Waals surface area contributed by atoms with Crippen molar-refractivity contribution in [3.63, 3.8) is 0 Å². The van der Waals surface area contributed by atoms with Gasteiger partial charge in [-0.2, -0.15) is 0 Å². The van der Waals surface area contributed by atoms with E-state index in [1.54, 1.807) is 11.0 Å². The fraction of sp³-hybridized carbons (Fsp3) is 0.611. The molecule has 2 saturated heterocycles. The van der Waals surface area contributed by atoms with Crippen LogP contribution >= 0.6 is 0 Å². The van der Waals surface area contributed by atoms with Crippen LogP contribution in [0.3, 0.4) is 0 Å². The number of halogens is 1. The summed E-state index contributed by atoms with van der Waals surface area (Å²) in [7, 11) is 0. The standard InChI is InChI=1S/C18H24FN3O3/c19-13-2-3-14(15(11-13)21-7-9-25-10-8-21)20-18(24)22-6-5-12-1-4-16(23)17(12)22/h2-3,11-12,16-17,23H,1,4-10H2,(H,20,24)/t12-,16+,17+/m0/s1. The molecule has 0 unspecified atom stereocenters. The minimum atomic E-state index is -0.440. The zero-order chi connectivity index (χ0) is 17.4. The molecule has 2 aliphatic heterocycles. The fourth-order valence-electron chi connectivity index (χ4n) is 4.37. The van der Waals surface area contributed by atoms with E-state index in [0.29, 0.717) is 50.1 Å². The van der Waals surface area contributed by atoms with E-state index >= 15 is 0 Å². The molecule has 2 amide bonds. The summed E-state index contributed by atoms with van der Waals surface area (Å²) in [5.74, 6) is 0.0691. The predicted molar refractivity (Wildman–Crippen MR) is 92.3 cm³/mol. The first-order valence-electron chi connectivity index (χ1n) is 9.01. The van der Waals surface area contributed by atoms with Crippen molar-refractivity contribution in [2.45, 2.75) is 31.4 Å². The van der Waals surface area contributed by atoms with Crippen LogP contribution in [-0.2, 0) is 4.74 Å². The number of hydrogen-bond donors (Lipinski definition) is 2. The van der Waals surface area contributed by atoms with Crippen LogP contribution in [0.15, 0.2) is 18.2 Å². The number of hydrogen-bond acceptors (Lipinski definition) is 4. The van der Waals surface area contributed by atoms with Crippen LogP contribution in [0.1, 0.15) is 19.3 Å². The van der Waals surface area contributed by atoms with Crippen molar-refractivity contribution in [3.05, 3.63) is 24.0 Å². The summed E-state index contributed by atoms with van der Waals surface area (Å²) < 4.78 is 19.1. The van der Waals surface area contributed by atoms with Crippen LogP contribution in [-0.4, -0.2) is 61.0 Å². The minimum absolute atomic E-state index is 0.0905. The van der Waals surface area contributed by atoms with Gasteiger partial charge in [0.05, 0.1) is 36.7 Å². The van der Waals surface area contributed by atoms with Crippen molar-refractivity contribution in [2.24, 2.45) is 5.92 Å². The third kappa shape index (κ3) is 3.18. The van der Waals surface area contributed by atoms with Gasteiger partial charge < -0.3 is 25.0 Å². The second-order valence-corrected chi connectivity index (χ2v) is 7.07. The van der Waals surface area contributed by atoms with Crippen LogP contribution in [0.25, 0.3) is 0 Å². The lowest BCUT2D eigenvalue weighted by molar-refractivity contribution is 0.101. The second kappa shape index (κ2) is 6.80. The van der Waals surface area contributed by atoms with Gasteiger partial charge in [0, 0.05) is 19.6 Å². The molecule has 0 aromatic heterocycles. The van der Waals surface area contributed by atoms with Gasteiger partial charge in [-0.3, -0.25) is 0 Å². The van der Waals surface area contributed by atoms with Gasteiger partial charge in [-0.15, -0.1) is 0 Å². The Morgan fingerprint density at radius 2 is 2.00 bits per heavy atom. The number of anilines is 2. The number of amides is 2. The lowest BCUT2D eigenvalue weighted by Gasteiger charge is -2.32. The third-order valence-electron chi connectivity index (χ3n) is 5.63. The third-order valence-corrected chi connectivity index (χ3v) is 5.63. The number of aliphatic hydroxyl groups is 1. The predicted octanol–water partition coefficient (Wildman–Crippen LogP) is 2.04. The maximum atomic E-state index is 13.8. The molecule has 0 bridgehead atoms. The summed E-state index contributed by atoms with van der Waals surface area (Å²) in [6, 6.07) is 4.12. The van der Waals surface area contributed by atoms with Crippen molar-refractivity contribution >= 4 is 17.4 Å². The van der Waals surface area contributed by atoms with Crippen molar-refractivity contribution in [3.8, 4) is 0 Å². The Hall–Kier alpha value is -1.86. The number of carbonyl (C=O) groups is 1. The minimum Gasteiger partial charge on any atom is -0.391 e. The summed E-state index contributed by atoms with van der Waals surface area (Å²) in [4.78, 5) is 16.6. The van der Waals surface area contributed by atoms with E-state index in [0.717, 1.165) is 19.3 Å². The number of aliphatic hydroxyl groups excluding tert-OH is 1. The Balaban J connectivity index is 1.53. The van der Waals surface area contributed by atoms with Gasteiger partial charge in [0.2, 0.25) is 0 Å². The molecule has 1 aromatic rings. The molecular weight excluding hydrogens is 325 g/mol. The number of fused-ring (bicyclic) bond motifs is 1. The molecule has 4 rings (SSSR count). The van der Waals surface area contributed by atoms with Crippen molar-refractivity contribution < 1.29 is 19.0 Å². The first-order valence-corrected chi connectivity index (χ1v) is 9.01. The SMILES string of the molecule is O=C(Nc1ccc(F)cc1N1CCOCC1)N1CC[C@@H]2CC[C@@H](O)[C@@H]21. The van der Waals surface area contributed by atoms with E-state index in [4.69, 9.17) is 4.74 Å². The Kier molecular flexibility index (Phi) is 4.52. The quantitative estimate of drug-likeness (QED) is 0.858. The Bertz CT molecular complexity index is 650. The molecule has 1 aromatic carbocycles. The topological polar surface area (TPSA) is 65.0 Å². The number of benzene rings is 1. The highest BCUT2D eigenvalue weighted by Crippen LogP contribution is 2.38. The van der Waals surface area contributed by atoms with E-state index in [2.05, 4.69) is 5.32 Å². The summed E-state index contributed by atoms with van der Waals surface area (Å²) in [6.45, 7) is 3.17. The highest BCUT2D eigenvalue weighted by Gasteiger charge is 2.45. The van der Waals surface area contributed by atoms with Gasteiger partial charge in [0.1, 0.15) is 5.82 Å². The molecule has 0 spiro atoms. The zero-order valence-corrected chi connectivity index (χ0v) is 14.2. The number of morpholine rings is 1. The maximum absolute atomic E-state index is 13.8. The molecule has 25 heavy (non-hydrogen) atoms.